The first-order valence-electron chi connectivity index (χ1n) is 5.91. The molecule has 102 valence electrons. The summed E-state index contributed by atoms with van der Waals surface area (Å²) >= 11 is 7.57. The van der Waals surface area contributed by atoms with Gasteiger partial charge < -0.3 is 5.32 Å². The van der Waals surface area contributed by atoms with Gasteiger partial charge in [0.05, 0.1) is 32.3 Å². The maximum atomic E-state index is 11.6. The Hall–Kier alpha value is -0.850. The lowest BCUT2D eigenvalue weighted by molar-refractivity contribution is 0.574. The minimum absolute atomic E-state index is 0.156. The van der Waals surface area contributed by atoms with Crippen molar-refractivity contribution in [3.63, 3.8) is 0 Å². The van der Waals surface area contributed by atoms with E-state index in [2.05, 4.69) is 10.3 Å². The van der Waals surface area contributed by atoms with Crippen molar-refractivity contribution in [2.45, 2.75) is 18.9 Å². The minimum atomic E-state index is -2.92. The van der Waals surface area contributed by atoms with Gasteiger partial charge in [0.25, 0.3) is 0 Å². The van der Waals surface area contributed by atoms with E-state index in [-0.39, 0.29) is 11.5 Å². The zero-order chi connectivity index (χ0) is 13.7. The Balaban J connectivity index is 1.92. The molecule has 1 aromatic carbocycles. The average Bonchev–Trinajstić information content (AvgIpc) is 2.81. The van der Waals surface area contributed by atoms with Crippen LogP contribution in [0.25, 0.3) is 10.2 Å². The minimum Gasteiger partial charge on any atom is -0.355 e. The van der Waals surface area contributed by atoms with E-state index in [9.17, 15) is 8.42 Å². The van der Waals surface area contributed by atoms with Crippen LogP contribution in [-0.4, -0.2) is 30.4 Å². The van der Waals surface area contributed by atoms with Gasteiger partial charge in [-0.15, -0.1) is 0 Å². The zero-order valence-corrected chi connectivity index (χ0v) is 12.7. The zero-order valence-electron chi connectivity index (χ0n) is 10.3. The van der Waals surface area contributed by atoms with Crippen LogP contribution in [-0.2, 0) is 9.84 Å². The number of benzene rings is 1. The number of rotatable bonds is 2. The Morgan fingerprint density at radius 3 is 2.89 bits per heavy atom. The van der Waals surface area contributed by atoms with Crippen molar-refractivity contribution in [3.05, 3.63) is 23.2 Å². The van der Waals surface area contributed by atoms with Crippen molar-refractivity contribution in [1.82, 2.24) is 4.98 Å². The van der Waals surface area contributed by atoms with Crippen LogP contribution >= 0.6 is 22.9 Å². The molecule has 1 fully saturated rings. The van der Waals surface area contributed by atoms with Gasteiger partial charge in [-0.3, -0.25) is 0 Å². The van der Waals surface area contributed by atoms with Crippen molar-refractivity contribution in [3.8, 4) is 0 Å². The molecular formula is C12H13ClN2O2S2. The molecule has 1 unspecified atom stereocenters. The Kier molecular flexibility index (Phi) is 2.99. The molecule has 7 heteroatoms. The summed E-state index contributed by atoms with van der Waals surface area (Å²) in [6.07, 6.45) is 0.610. The smallest absolute Gasteiger partial charge is 0.184 e. The number of hydrogen-bond donors (Lipinski definition) is 1. The van der Waals surface area contributed by atoms with Gasteiger partial charge in [-0.1, -0.05) is 29.0 Å². The molecule has 1 N–H and O–H groups in total. The summed E-state index contributed by atoms with van der Waals surface area (Å²) in [6.45, 7) is 1.92. The molecule has 2 heterocycles. The van der Waals surface area contributed by atoms with Gasteiger partial charge in [-0.25, -0.2) is 13.4 Å². The molecule has 1 aromatic heterocycles. The molecule has 19 heavy (non-hydrogen) atoms. The number of halogens is 1. The van der Waals surface area contributed by atoms with Gasteiger partial charge in [0.15, 0.2) is 15.0 Å². The molecule has 1 aliphatic heterocycles. The van der Waals surface area contributed by atoms with Crippen LogP contribution in [0.5, 0.6) is 0 Å². The largest absolute Gasteiger partial charge is 0.355 e. The number of fused-ring (bicyclic) bond motifs is 1. The lowest BCUT2D eigenvalue weighted by Crippen LogP contribution is -2.35. The number of aromatic nitrogens is 1. The maximum absolute atomic E-state index is 11.6. The van der Waals surface area contributed by atoms with Gasteiger partial charge in [0.1, 0.15) is 0 Å². The summed E-state index contributed by atoms with van der Waals surface area (Å²) in [6, 6.07) is 5.58. The highest BCUT2D eigenvalue weighted by Gasteiger charge is 2.38. The van der Waals surface area contributed by atoms with E-state index in [0.717, 1.165) is 15.3 Å². The molecule has 0 bridgehead atoms. The van der Waals surface area contributed by atoms with Crippen molar-refractivity contribution in [2.24, 2.45) is 0 Å². The van der Waals surface area contributed by atoms with Crippen LogP contribution < -0.4 is 5.32 Å². The number of nitrogens with one attached hydrogen (secondary N) is 1. The first-order valence-corrected chi connectivity index (χ1v) is 8.92. The van der Waals surface area contributed by atoms with Gasteiger partial charge in [-0.2, -0.15) is 0 Å². The third-order valence-electron chi connectivity index (χ3n) is 3.28. The van der Waals surface area contributed by atoms with E-state index < -0.39 is 15.4 Å². The fourth-order valence-corrected chi connectivity index (χ4v) is 5.73. The van der Waals surface area contributed by atoms with E-state index in [4.69, 9.17) is 11.6 Å². The lowest BCUT2D eigenvalue weighted by Gasteiger charge is -2.23. The van der Waals surface area contributed by atoms with Crippen LogP contribution in [0.2, 0.25) is 5.02 Å². The maximum Gasteiger partial charge on any atom is 0.184 e. The van der Waals surface area contributed by atoms with Crippen molar-refractivity contribution >= 4 is 48.1 Å². The van der Waals surface area contributed by atoms with Crippen molar-refractivity contribution < 1.29 is 8.42 Å². The van der Waals surface area contributed by atoms with E-state index in [0.29, 0.717) is 11.4 Å². The van der Waals surface area contributed by atoms with E-state index in [1.807, 2.05) is 25.1 Å². The summed E-state index contributed by atoms with van der Waals surface area (Å²) in [4.78, 5) is 4.46. The molecule has 0 spiro atoms. The molecule has 3 rings (SSSR count). The van der Waals surface area contributed by atoms with Crippen LogP contribution in [0, 0.1) is 0 Å². The third-order valence-corrected chi connectivity index (χ3v) is 6.63. The molecular weight excluding hydrogens is 304 g/mol. The van der Waals surface area contributed by atoms with Gasteiger partial charge >= 0.3 is 0 Å². The number of hydrogen-bond acceptors (Lipinski definition) is 5. The third kappa shape index (κ3) is 2.57. The quantitative estimate of drug-likeness (QED) is 0.925. The van der Waals surface area contributed by atoms with Crippen molar-refractivity contribution in [2.75, 3.05) is 16.8 Å². The second-order valence-corrected chi connectivity index (χ2v) is 8.73. The Labute approximate surface area is 120 Å². The Morgan fingerprint density at radius 2 is 2.26 bits per heavy atom. The summed E-state index contributed by atoms with van der Waals surface area (Å²) < 4.78 is 24.1. The molecule has 0 aliphatic carbocycles. The topological polar surface area (TPSA) is 59.1 Å². The molecule has 2 aromatic rings. The normalized spacial score (nSPS) is 25.8. The molecule has 1 saturated heterocycles. The van der Waals surface area contributed by atoms with Gasteiger partial charge in [0, 0.05) is 0 Å². The Bertz CT molecular complexity index is 741. The molecule has 4 nitrogen and oxygen atoms in total. The number of anilines is 1. The average molecular weight is 317 g/mol. The molecule has 0 amide bonds. The SMILES string of the molecule is CC1(Nc2nc3cccc(Cl)c3s2)CCS(=O)(=O)C1. The summed E-state index contributed by atoms with van der Waals surface area (Å²) in [7, 11) is -2.92. The summed E-state index contributed by atoms with van der Waals surface area (Å²) in [5.74, 6) is 0.395. The summed E-state index contributed by atoms with van der Waals surface area (Å²) in [5, 5.41) is 4.66. The van der Waals surface area contributed by atoms with Crippen LogP contribution in [0.4, 0.5) is 5.13 Å². The Morgan fingerprint density at radius 1 is 1.47 bits per heavy atom. The predicted molar refractivity (Wildman–Crippen MR) is 79.9 cm³/mol. The highest BCUT2D eigenvalue weighted by Crippen LogP contribution is 2.35. The monoisotopic (exact) mass is 316 g/mol. The first-order chi connectivity index (χ1) is 8.87. The van der Waals surface area contributed by atoms with E-state index in [1.54, 1.807) is 0 Å². The fourth-order valence-electron chi connectivity index (χ4n) is 2.34. The fraction of sp³-hybridized carbons (Fsp3) is 0.417. The summed E-state index contributed by atoms with van der Waals surface area (Å²) in [5.41, 5.74) is 0.406. The van der Waals surface area contributed by atoms with Gasteiger partial charge in [-0.05, 0) is 25.5 Å². The van der Waals surface area contributed by atoms with Crippen molar-refractivity contribution in [1.29, 1.82) is 0 Å². The van der Waals surface area contributed by atoms with Crippen LogP contribution in [0.15, 0.2) is 18.2 Å². The molecule has 0 saturated carbocycles. The first kappa shape index (κ1) is 13.1. The van der Waals surface area contributed by atoms with E-state index >= 15 is 0 Å². The predicted octanol–water partition coefficient (Wildman–Crippen LogP) is 2.94. The number of thiazole rings is 1. The molecule has 0 radical (unpaired) electrons. The van der Waals surface area contributed by atoms with Gasteiger partial charge in [0.2, 0.25) is 0 Å². The molecule has 1 atom stereocenters. The van der Waals surface area contributed by atoms with Crippen LogP contribution in [0.1, 0.15) is 13.3 Å². The lowest BCUT2D eigenvalue weighted by atomic mass is 10.0. The molecule has 1 aliphatic rings. The highest BCUT2D eigenvalue weighted by molar-refractivity contribution is 7.91. The highest BCUT2D eigenvalue weighted by atomic mass is 35.5. The number of sulfone groups is 1. The number of nitrogens with zero attached hydrogens (tertiary/aromatic N) is 1. The second kappa shape index (κ2) is 4.33. The van der Waals surface area contributed by atoms with E-state index in [1.165, 1.54) is 11.3 Å². The second-order valence-electron chi connectivity index (χ2n) is 5.13. The standard InChI is InChI=1S/C12H13ClN2O2S2/c1-12(5-6-19(16,17)7-12)15-11-14-9-4-2-3-8(13)10(9)18-11/h2-4H,5-7H2,1H3,(H,14,15). The van der Waals surface area contributed by atoms with Crippen LogP contribution in [0.3, 0.4) is 0 Å².